The number of ether oxygens (including phenoxy) is 4. The quantitative estimate of drug-likeness (QED) is 0.740. The first-order chi connectivity index (χ1) is 12.6. The van der Waals surface area contributed by atoms with Gasteiger partial charge in [-0.15, -0.1) is 0 Å². The summed E-state index contributed by atoms with van der Waals surface area (Å²) in [7, 11) is 6.21. The molecule has 4 nitrogen and oxygen atoms in total. The van der Waals surface area contributed by atoms with Gasteiger partial charge in [0.25, 0.3) is 0 Å². The van der Waals surface area contributed by atoms with Crippen molar-refractivity contribution in [2.45, 2.75) is 19.3 Å². The second-order valence-electron chi connectivity index (χ2n) is 6.10. The van der Waals surface area contributed by atoms with Crippen molar-refractivity contribution in [2.24, 2.45) is 0 Å². The fraction of sp³-hybridized carbons (Fsp3) is 0.333. The number of hydrogen-bond donors (Lipinski definition) is 0. The molecule has 0 heterocycles. The zero-order valence-corrected chi connectivity index (χ0v) is 15.5. The van der Waals surface area contributed by atoms with Gasteiger partial charge in [-0.2, -0.15) is 0 Å². The van der Waals surface area contributed by atoms with Crippen LogP contribution in [0.4, 0.5) is 4.39 Å². The molecular weight excluding hydrogens is 335 g/mol. The molecule has 0 unspecified atom stereocenters. The summed E-state index contributed by atoms with van der Waals surface area (Å²) in [6.07, 6.45) is 3.14. The molecule has 5 heteroatoms. The number of hydrogen-bond acceptors (Lipinski definition) is 4. The van der Waals surface area contributed by atoms with E-state index in [0.29, 0.717) is 17.2 Å². The molecule has 1 fully saturated rings. The van der Waals surface area contributed by atoms with Crippen LogP contribution in [0.5, 0.6) is 23.0 Å². The molecule has 138 valence electrons. The third kappa shape index (κ3) is 3.21. The van der Waals surface area contributed by atoms with E-state index < -0.39 is 0 Å². The maximum Gasteiger partial charge on any atom is 0.203 e. The molecule has 1 saturated carbocycles. The molecule has 0 N–H and O–H groups in total. The van der Waals surface area contributed by atoms with Crippen molar-refractivity contribution in [1.29, 1.82) is 0 Å². The summed E-state index contributed by atoms with van der Waals surface area (Å²) >= 11 is 0. The van der Waals surface area contributed by atoms with Crippen molar-refractivity contribution in [3.63, 3.8) is 0 Å². The van der Waals surface area contributed by atoms with E-state index in [-0.39, 0.29) is 11.6 Å². The Morgan fingerprint density at radius 2 is 1.38 bits per heavy atom. The Kier molecular flexibility index (Phi) is 5.35. The lowest BCUT2D eigenvalue weighted by atomic mass is 9.82. The zero-order valence-electron chi connectivity index (χ0n) is 15.5. The standard InChI is InChI=1S/C21H23FO4/c1-23-17-9-8-14(10-16(17)22)20(13-6-5-7-13)15-11-18(24-2)21(26-4)19(12-15)25-3/h8-12H,5-7H2,1-4H3. The highest BCUT2D eigenvalue weighted by Gasteiger charge is 2.22. The van der Waals surface area contributed by atoms with Crippen LogP contribution in [-0.2, 0) is 0 Å². The highest BCUT2D eigenvalue weighted by molar-refractivity contribution is 5.85. The van der Waals surface area contributed by atoms with Crippen LogP contribution in [-0.4, -0.2) is 28.4 Å². The van der Waals surface area contributed by atoms with Crippen LogP contribution >= 0.6 is 0 Å². The molecule has 0 bridgehead atoms. The Bertz CT molecular complexity index is 811. The zero-order chi connectivity index (χ0) is 18.7. The van der Waals surface area contributed by atoms with Gasteiger partial charge in [0, 0.05) is 0 Å². The number of allylic oxidation sites excluding steroid dienone is 1. The number of methoxy groups -OCH3 is 4. The van der Waals surface area contributed by atoms with Gasteiger partial charge in [0.05, 0.1) is 28.4 Å². The van der Waals surface area contributed by atoms with Gasteiger partial charge in [-0.05, 0) is 60.2 Å². The summed E-state index contributed by atoms with van der Waals surface area (Å²) in [5.41, 5.74) is 4.03. The van der Waals surface area contributed by atoms with Crippen LogP contribution in [0, 0.1) is 5.82 Å². The molecule has 2 aromatic rings. The van der Waals surface area contributed by atoms with Gasteiger partial charge < -0.3 is 18.9 Å². The molecular formula is C21H23FO4. The third-order valence-electron chi connectivity index (χ3n) is 4.70. The average molecular weight is 358 g/mol. The van der Waals surface area contributed by atoms with Crippen molar-refractivity contribution in [1.82, 2.24) is 0 Å². The minimum atomic E-state index is -0.380. The molecule has 0 saturated heterocycles. The van der Waals surface area contributed by atoms with Crippen LogP contribution < -0.4 is 18.9 Å². The van der Waals surface area contributed by atoms with Gasteiger partial charge in [-0.3, -0.25) is 0 Å². The maximum absolute atomic E-state index is 14.3. The number of rotatable bonds is 6. The van der Waals surface area contributed by atoms with Gasteiger partial charge in [0.1, 0.15) is 0 Å². The summed E-state index contributed by atoms with van der Waals surface area (Å²) in [5.74, 6) is 1.55. The van der Waals surface area contributed by atoms with Crippen molar-refractivity contribution < 1.29 is 23.3 Å². The summed E-state index contributed by atoms with van der Waals surface area (Å²) in [5, 5.41) is 0. The molecule has 0 atom stereocenters. The molecule has 3 rings (SSSR count). The summed E-state index contributed by atoms with van der Waals surface area (Å²) in [4.78, 5) is 0. The molecule has 2 aromatic carbocycles. The first-order valence-electron chi connectivity index (χ1n) is 8.49. The molecule has 1 aliphatic rings. The second-order valence-corrected chi connectivity index (χ2v) is 6.10. The Balaban J connectivity index is 2.18. The fourth-order valence-corrected chi connectivity index (χ4v) is 3.23. The van der Waals surface area contributed by atoms with Crippen molar-refractivity contribution in [3.8, 4) is 23.0 Å². The molecule has 1 aliphatic carbocycles. The normalized spacial score (nSPS) is 13.0. The summed E-state index contributed by atoms with van der Waals surface area (Å²) in [6.45, 7) is 0. The van der Waals surface area contributed by atoms with Crippen LogP contribution in [0.25, 0.3) is 5.57 Å². The lowest BCUT2D eigenvalue weighted by Crippen LogP contribution is -2.05. The van der Waals surface area contributed by atoms with E-state index in [1.54, 1.807) is 27.4 Å². The van der Waals surface area contributed by atoms with Gasteiger partial charge in [0.15, 0.2) is 23.1 Å². The third-order valence-corrected chi connectivity index (χ3v) is 4.70. The van der Waals surface area contributed by atoms with E-state index in [9.17, 15) is 4.39 Å². The molecule has 0 aliphatic heterocycles. The minimum Gasteiger partial charge on any atom is -0.494 e. The monoisotopic (exact) mass is 358 g/mol. The Labute approximate surface area is 153 Å². The Morgan fingerprint density at radius 3 is 1.81 bits per heavy atom. The predicted molar refractivity (Wildman–Crippen MR) is 98.9 cm³/mol. The first kappa shape index (κ1) is 18.1. The maximum atomic E-state index is 14.3. The highest BCUT2D eigenvalue weighted by atomic mass is 19.1. The second kappa shape index (κ2) is 7.68. The minimum absolute atomic E-state index is 0.233. The van der Waals surface area contributed by atoms with E-state index in [4.69, 9.17) is 18.9 Å². The van der Waals surface area contributed by atoms with E-state index in [1.807, 2.05) is 18.2 Å². The Morgan fingerprint density at radius 1 is 0.769 bits per heavy atom. The van der Waals surface area contributed by atoms with E-state index in [0.717, 1.165) is 36.0 Å². The molecule has 0 amide bonds. The predicted octanol–water partition coefficient (Wildman–Crippen LogP) is 4.85. The SMILES string of the molecule is COc1ccc(C(=C2CCC2)c2cc(OC)c(OC)c(OC)c2)cc1F. The van der Waals surface area contributed by atoms with Crippen LogP contribution in [0.1, 0.15) is 30.4 Å². The smallest absolute Gasteiger partial charge is 0.203 e. The molecule has 0 aromatic heterocycles. The average Bonchev–Trinajstić information content (AvgIpc) is 2.63. The molecule has 0 spiro atoms. The topological polar surface area (TPSA) is 36.9 Å². The van der Waals surface area contributed by atoms with Crippen molar-refractivity contribution in [3.05, 3.63) is 52.8 Å². The van der Waals surface area contributed by atoms with Crippen LogP contribution in [0.15, 0.2) is 35.9 Å². The number of benzene rings is 2. The summed E-state index contributed by atoms with van der Waals surface area (Å²) in [6, 6.07) is 8.87. The van der Waals surface area contributed by atoms with E-state index in [2.05, 4.69) is 0 Å². The largest absolute Gasteiger partial charge is 0.494 e. The first-order valence-corrected chi connectivity index (χ1v) is 8.49. The van der Waals surface area contributed by atoms with Gasteiger partial charge in [-0.25, -0.2) is 4.39 Å². The highest BCUT2D eigenvalue weighted by Crippen LogP contribution is 2.44. The Hall–Kier alpha value is -2.69. The van der Waals surface area contributed by atoms with Gasteiger partial charge >= 0.3 is 0 Å². The van der Waals surface area contributed by atoms with E-state index >= 15 is 0 Å². The fourth-order valence-electron chi connectivity index (χ4n) is 3.23. The van der Waals surface area contributed by atoms with Crippen LogP contribution in [0.2, 0.25) is 0 Å². The molecule has 0 radical (unpaired) electrons. The number of halogens is 1. The van der Waals surface area contributed by atoms with Crippen molar-refractivity contribution >= 4 is 5.57 Å². The summed E-state index contributed by atoms with van der Waals surface area (Å²) < 4.78 is 35.7. The van der Waals surface area contributed by atoms with Gasteiger partial charge in [0.2, 0.25) is 5.75 Å². The van der Waals surface area contributed by atoms with Crippen molar-refractivity contribution in [2.75, 3.05) is 28.4 Å². The van der Waals surface area contributed by atoms with E-state index in [1.165, 1.54) is 18.7 Å². The van der Waals surface area contributed by atoms with Crippen LogP contribution in [0.3, 0.4) is 0 Å². The lowest BCUT2D eigenvalue weighted by molar-refractivity contribution is 0.324. The van der Waals surface area contributed by atoms with Gasteiger partial charge in [-0.1, -0.05) is 11.6 Å². The molecule has 26 heavy (non-hydrogen) atoms. The lowest BCUT2D eigenvalue weighted by Gasteiger charge is -2.24.